The van der Waals surface area contributed by atoms with Gasteiger partial charge in [0, 0.05) is 16.6 Å². The molecule has 0 aliphatic heterocycles. The molecule has 0 spiro atoms. The van der Waals surface area contributed by atoms with Crippen LogP contribution in [0.25, 0.3) is 0 Å². The zero-order chi connectivity index (χ0) is 12.7. The van der Waals surface area contributed by atoms with E-state index >= 15 is 0 Å². The van der Waals surface area contributed by atoms with Gasteiger partial charge in [-0.25, -0.2) is 0 Å². The van der Waals surface area contributed by atoms with E-state index in [0.29, 0.717) is 5.02 Å². The van der Waals surface area contributed by atoms with E-state index < -0.39 is 0 Å². The third-order valence-corrected chi connectivity index (χ3v) is 3.10. The summed E-state index contributed by atoms with van der Waals surface area (Å²) in [6.45, 7) is 2.19. The Morgan fingerprint density at radius 2 is 2.18 bits per heavy atom. The molecule has 17 heavy (non-hydrogen) atoms. The number of rotatable bonds is 7. The number of nitrogens with one attached hydrogen (secondary N) is 1. The minimum atomic E-state index is 0.0928. The Morgan fingerprint density at radius 3 is 2.76 bits per heavy atom. The summed E-state index contributed by atoms with van der Waals surface area (Å²) >= 11 is 6.01. The number of ether oxygens (including phenoxy) is 1. The summed E-state index contributed by atoms with van der Waals surface area (Å²) in [5.41, 5.74) is 3.87. The average molecular weight is 257 g/mol. The number of unbranched alkanes of at least 4 members (excludes halogenated alkanes) is 2. The van der Waals surface area contributed by atoms with E-state index in [1.165, 1.54) is 12.8 Å². The summed E-state index contributed by atoms with van der Waals surface area (Å²) in [7, 11) is 1.66. The lowest BCUT2D eigenvalue weighted by Gasteiger charge is -2.19. The zero-order valence-electron chi connectivity index (χ0n) is 10.5. The molecule has 0 aliphatic rings. The first-order chi connectivity index (χ1) is 8.22. The van der Waals surface area contributed by atoms with Gasteiger partial charge in [-0.3, -0.25) is 11.3 Å². The second-order valence-corrected chi connectivity index (χ2v) is 4.54. The first-order valence-electron chi connectivity index (χ1n) is 6.02. The molecule has 0 fully saturated rings. The van der Waals surface area contributed by atoms with Gasteiger partial charge >= 0.3 is 0 Å². The van der Waals surface area contributed by atoms with Crippen LogP contribution in [0.3, 0.4) is 0 Å². The van der Waals surface area contributed by atoms with Crippen LogP contribution >= 0.6 is 11.6 Å². The van der Waals surface area contributed by atoms with Gasteiger partial charge in [0.1, 0.15) is 5.75 Å². The minimum absolute atomic E-state index is 0.0928. The summed E-state index contributed by atoms with van der Waals surface area (Å²) in [4.78, 5) is 0. The van der Waals surface area contributed by atoms with Crippen LogP contribution in [0.5, 0.6) is 5.75 Å². The molecule has 4 heteroatoms. The maximum Gasteiger partial charge on any atom is 0.123 e. The van der Waals surface area contributed by atoms with Crippen LogP contribution in [-0.4, -0.2) is 7.11 Å². The number of methoxy groups -OCH3 is 1. The molecule has 0 amide bonds. The van der Waals surface area contributed by atoms with Gasteiger partial charge in [-0.15, -0.1) is 0 Å². The van der Waals surface area contributed by atoms with E-state index in [0.717, 1.165) is 24.2 Å². The summed E-state index contributed by atoms with van der Waals surface area (Å²) in [6.07, 6.45) is 4.53. The van der Waals surface area contributed by atoms with Crippen molar-refractivity contribution in [1.29, 1.82) is 0 Å². The largest absolute Gasteiger partial charge is 0.496 e. The number of nitrogens with two attached hydrogens (primary N) is 1. The van der Waals surface area contributed by atoms with Gasteiger partial charge in [0.2, 0.25) is 0 Å². The van der Waals surface area contributed by atoms with Crippen LogP contribution in [0, 0.1) is 0 Å². The van der Waals surface area contributed by atoms with Gasteiger partial charge < -0.3 is 4.74 Å². The lowest BCUT2D eigenvalue weighted by molar-refractivity contribution is 0.393. The first-order valence-corrected chi connectivity index (χ1v) is 6.40. The first kappa shape index (κ1) is 14.3. The van der Waals surface area contributed by atoms with Gasteiger partial charge in [0.25, 0.3) is 0 Å². The van der Waals surface area contributed by atoms with Crippen molar-refractivity contribution < 1.29 is 4.74 Å². The van der Waals surface area contributed by atoms with Gasteiger partial charge in [-0.05, 0) is 24.6 Å². The molecule has 1 aromatic carbocycles. The maximum absolute atomic E-state index is 6.01. The van der Waals surface area contributed by atoms with Gasteiger partial charge in [0.15, 0.2) is 0 Å². The third-order valence-electron chi connectivity index (χ3n) is 2.86. The topological polar surface area (TPSA) is 47.3 Å². The number of benzene rings is 1. The predicted octanol–water partition coefficient (Wildman–Crippen LogP) is 3.43. The fourth-order valence-corrected chi connectivity index (χ4v) is 2.09. The summed E-state index contributed by atoms with van der Waals surface area (Å²) in [5, 5.41) is 0.705. The van der Waals surface area contributed by atoms with Gasteiger partial charge in [-0.2, -0.15) is 0 Å². The Bertz CT molecular complexity index is 344. The van der Waals surface area contributed by atoms with Crippen molar-refractivity contribution in [1.82, 2.24) is 5.43 Å². The van der Waals surface area contributed by atoms with E-state index in [4.69, 9.17) is 22.2 Å². The smallest absolute Gasteiger partial charge is 0.123 e. The second kappa shape index (κ2) is 7.54. The highest BCUT2D eigenvalue weighted by Crippen LogP contribution is 2.30. The monoisotopic (exact) mass is 256 g/mol. The maximum atomic E-state index is 6.01. The predicted molar refractivity (Wildman–Crippen MR) is 72.2 cm³/mol. The van der Waals surface area contributed by atoms with E-state index in [9.17, 15) is 0 Å². The molecule has 3 nitrogen and oxygen atoms in total. The van der Waals surface area contributed by atoms with E-state index in [1.54, 1.807) is 7.11 Å². The fraction of sp³-hybridized carbons (Fsp3) is 0.538. The van der Waals surface area contributed by atoms with Crippen molar-refractivity contribution in [3.63, 3.8) is 0 Å². The van der Waals surface area contributed by atoms with Crippen molar-refractivity contribution in [2.24, 2.45) is 5.84 Å². The summed E-state index contributed by atoms with van der Waals surface area (Å²) in [5.74, 6) is 6.44. The second-order valence-electron chi connectivity index (χ2n) is 4.10. The highest BCUT2D eigenvalue weighted by atomic mass is 35.5. The van der Waals surface area contributed by atoms with Crippen molar-refractivity contribution in [2.45, 2.75) is 38.6 Å². The molecule has 0 bridgehead atoms. The fourth-order valence-electron chi connectivity index (χ4n) is 1.90. The molecule has 1 rings (SSSR count). The Labute approximate surface area is 108 Å². The van der Waals surface area contributed by atoms with Crippen molar-refractivity contribution in [2.75, 3.05) is 7.11 Å². The van der Waals surface area contributed by atoms with Crippen LogP contribution < -0.4 is 16.0 Å². The molecule has 96 valence electrons. The number of halogens is 1. The molecule has 1 atom stereocenters. The van der Waals surface area contributed by atoms with Crippen LogP contribution in [0.1, 0.15) is 44.2 Å². The van der Waals surface area contributed by atoms with E-state index in [2.05, 4.69) is 12.3 Å². The lowest BCUT2D eigenvalue weighted by atomic mass is 10.00. The average Bonchev–Trinajstić information content (AvgIpc) is 2.35. The molecular weight excluding hydrogens is 236 g/mol. The Hall–Kier alpha value is -0.770. The molecule has 0 saturated carbocycles. The molecule has 0 saturated heterocycles. The van der Waals surface area contributed by atoms with E-state index in [-0.39, 0.29) is 6.04 Å². The Morgan fingerprint density at radius 1 is 1.41 bits per heavy atom. The van der Waals surface area contributed by atoms with Crippen molar-refractivity contribution >= 4 is 11.6 Å². The zero-order valence-corrected chi connectivity index (χ0v) is 11.3. The Balaban J connectivity index is 2.82. The van der Waals surface area contributed by atoms with Gasteiger partial charge in [-0.1, -0.05) is 37.8 Å². The van der Waals surface area contributed by atoms with Crippen LogP contribution in [0.15, 0.2) is 18.2 Å². The van der Waals surface area contributed by atoms with Crippen LogP contribution in [0.4, 0.5) is 0 Å². The van der Waals surface area contributed by atoms with E-state index in [1.807, 2.05) is 18.2 Å². The molecule has 0 radical (unpaired) electrons. The molecule has 1 unspecified atom stereocenters. The molecule has 0 heterocycles. The highest BCUT2D eigenvalue weighted by Gasteiger charge is 2.14. The molecule has 0 aromatic heterocycles. The Kier molecular flexibility index (Phi) is 6.34. The quantitative estimate of drug-likeness (QED) is 0.446. The lowest BCUT2D eigenvalue weighted by Crippen LogP contribution is -2.28. The van der Waals surface area contributed by atoms with Gasteiger partial charge in [0.05, 0.1) is 7.11 Å². The molecule has 1 aromatic rings. The SMILES string of the molecule is CCCCCC(NN)c1cc(Cl)ccc1OC. The molecular formula is C13H21ClN2O. The summed E-state index contributed by atoms with van der Waals surface area (Å²) < 4.78 is 5.34. The summed E-state index contributed by atoms with van der Waals surface area (Å²) in [6, 6.07) is 5.71. The minimum Gasteiger partial charge on any atom is -0.496 e. The van der Waals surface area contributed by atoms with Crippen molar-refractivity contribution in [3.8, 4) is 5.75 Å². The standard InChI is InChI=1S/C13H21ClN2O/c1-3-4-5-6-12(16-15)11-9-10(14)7-8-13(11)17-2/h7-9,12,16H,3-6,15H2,1-2H3. The number of hydrazine groups is 1. The van der Waals surface area contributed by atoms with Crippen LogP contribution in [-0.2, 0) is 0 Å². The van der Waals surface area contributed by atoms with Crippen molar-refractivity contribution in [3.05, 3.63) is 28.8 Å². The molecule has 0 aliphatic carbocycles. The number of hydrogen-bond donors (Lipinski definition) is 2. The number of hydrogen-bond acceptors (Lipinski definition) is 3. The molecule has 3 N–H and O–H groups in total. The third kappa shape index (κ3) is 4.19. The normalized spacial score (nSPS) is 12.5. The highest BCUT2D eigenvalue weighted by molar-refractivity contribution is 6.30. The van der Waals surface area contributed by atoms with Crippen LogP contribution in [0.2, 0.25) is 5.02 Å².